The molecular formula is C19H21ClN4O3. The molecule has 0 spiro atoms. The van der Waals surface area contributed by atoms with Crippen LogP contribution in [0.4, 0.5) is 0 Å². The number of halogens is 1. The molecular weight excluding hydrogens is 368 g/mol. The number of rotatable bonds is 4. The number of carbonyl (C=O) groups excluding carboxylic acids is 1. The van der Waals surface area contributed by atoms with E-state index in [1.165, 1.54) is 4.57 Å². The maximum Gasteiger partial charge on any atom is 0.419 e. The highest BCUT2D eigenvalue weighted by atomic mass is 35.5. The minimum Gasteiger partial charge on any atom is -0.408 e. The van der Waals surface area contributed by atoms with Crippen molar-refractivity contribution in [2.75, 3.05) is 19.6 Å². The lowest BCUT2D eigenvalue weighted by molar-refractivity contribution is -0.134. The van der Waals surface area contributed by atoms with E-state index in [0.717, 1.165) is 17.6 Å². The van der Waals surface area contributed by atoms with Crippen molar-refractivity contribution < 1.29 is 9.21 Å². The third kappa shape index (κ3) is 3.89. The Morgan fingerprint density at radius 3 is 2.93 bits per heavy atom. The van der Waals surface area contributed by atoms with Gasteiger partial charge in [0.2, 0.25) is 5.91 Å². The Bertz CT molecular complexity index is 970. The smallest absolute Gasteiger partial charge is 0.408 e. The SMILES string of the molecule is Cl.O=C(CCn1c(=O)oc2ccccc21)N1CCNCC1c1cccnc1. The highest BCUT2D eigenvalue weighted by Crippen LogP contribution is 2.22. The second-order valence-electron chi connectivity index (χ2n) is 6.33. The van der Waals surface area contributed by atoms with E-state index in [2.05, 4.69) is 10.3 Å². The average molecular weight is 389 g/mol. The molecule has 1 unspecified atom stereocenters. The highest BCUT2D eigenvalue weighted by Gasteiger charge is 2.27. The predicted octanol–water partition coefficient (Wildman–Crippen LogP) is 1.97. The molecule has 1 N–H and O–H groups in total. The van der Waals surface area contributed by atoms with Gasteiger partial charge in [0.15, 0.2) is 5.58 Å². The maximum absolute atomic E-state index is 12.9. The van der Waals surface area contributed by atoms with Crippen molar-refractivity contribution in [1.82, 2.24) is 19.8 Å². The number of nitrogens with zero attached hydrogens (tertiary/aromatic N) is 3. The summed E-state index contributed by atoms with van der Waals surface area (Å²) >= 11 is 0. The van der Waals surface area contributed by atoms with Gasteiger partial charge in [0.05, 0.1) is 11.6 Å². The number of hydrogen-bond acceptors (Lipinski definition) is 5. The van der Waals surface area contributed by atoms with Gasteiger partial charge in [0, 0.05) is 45.0 Å². The molecule has 3 aromatic rings. The number of piperazine rings is 1. The summed E-state index contributed by atoms with van der Waals surface area (Å²) in [6.45, 7) is 2.40. The van der Waals surface area contributed by atoms with E-state index in [9.17, 15) is 9.59 Å². The van der Waals surface area contributed by atoms with Gasteiger partial charge in [-0.3, -0.25) is 14.3 Å². The van der Waals surface area contributed by atoms with Gasteiger partial charge >= 0.3 is 5.76 Å². The molecule has 1 aliphatic rings. The van der Waals surface area contributed by atoms with Crippen LogP contribution in [0.5, 0.6) is 0 Å². The highest BCUT2D eigenvalue weighted by molar-refractivity contribution is 5.85. The molecule has 0 radical (unpaired) electrons. The van der Waals surface area contributed by atoms with E-state index in [1.807, 2.05) is 35.2 Å². The fourth-order valence-corrected chi connectivity index (χ4v) is 3.45. The summed E-state index contributed by atoms with van der Waals surface area (Å²) in [7, 11) is 0. The Labute approximate surface area is 162 Å². The van der Waals surface area contributed by atoms with Gasteiger partial charge in [0.1, 0.15) is 0 Å². The Kier molecular flexibility index (Phi) is 5.93. The summed E-state index contributed by atoms with van der Waals surface area (Å²) in [6.07, 6.45) is 3.77. The van der Waals surface area contributed by atoms with Gasteiger partial charge in [0.25, 0.3) is 0 Å². The third-order valence-corrected chi connectivity index (χ3v) is 4.76. The summed E-state index contributed by atoms with van der Waals surface area (Å²) in [5.74, 6) is -0.402. The van der Waals surface area contributed by atoms with Crippen LogP contribution in [0.1, 0.15) is 18.0 Å². The van der Waals surface area contributed by atoms with Crippen LogP contribution in [0.15, 0.2) is 58.0 Å². The number of benzene rings is 1. The molecule has 0 saturated carbocycles. The molecule has 0 bridgehead atoms. The van der Waals surface area contributed by atoms with Crippen molar-refractivity contribution in [3.63, 3.8) is 0 Å². The van der Waals surface area contributed by atoms with Gasteiger partial charge < -0.3 is 14.6 Å². The van der Waals surface area contributed by atoms with Crippen LogP contribution in [-0.4, -0.2) is 40.0 Å². The predicted molar refractivity (Wildman–Crippen MR) is 104 cm³/mol. The fraction of sp³-hybridized carbons (Fsp3) is 0.316. The van der Waals surface area contributed by atoms with Crippen molar-refractivity contribution in [1.29, 1.82) is 0 Å². The number of fused-ring (bicyclic) bond motifs is 1. The lowest BCUT2D eigenvalue weighted by Gasteiger charge is -2.36. The molecule has 1 saturated heterocycles. The number of aryl methyl sites for hydroxylation is 1. The van der Waals surface area contributed by atoms with Crippen LogP contribution in [0.3, 0.4) is 0 Å². The second-order valence-corrected chi connectivity index (χ2v) is 6.33. The van der Waals surface area contributed by atoms with E-state index in [1.54, 1.807) is 18.5 Å². The number of nitrogens with one attached hydrogen (secondary N) is 1. The van der Waals surface area contributed by atoms with Crippen molar-refractivity contribution in [3.8, 4) is 0 Å². The molecule has 142 valence electrons. The summed E-state index contributed by atoms with van der Waals surface area (Å²) in [5.41, 5.74) is 2.27. The largest absolute Gasteiger partial charge is 0.419 e. The molecule has 2 aromatic heterocycles. The number of aromatic nitrogens is 2. The summed E-state index contributed by atoms with van der Waals surface area (Å²) in [5, 5.41) is 3.33. The monoisotopic (exact) mass is 388 g/mol. The van der Waals surface area contributed by atoms with Gasteiger partial charge in [-0.2, -0.15) is 0 Å². The Hall–Kier alpha value is -2.64. The molecule has 4 rings (SSSR count). The zero-order valence-corrected chi connectivity index (χ0v) is 15.5. The summed E-state index contributed by atoms with van der Waals surface area (Å²) < 4.78 is 6.75. The maximum atomic E-state index is 12.9. The van der Waals surface area contributed by atoms with E-state index >= 15 is 0 Å². The Morgan fingerprint density at radius 1 is 1.26 bits per heavy atom. The number of carbonyl (C=O) groups is 1. The van der Waals surface area contributed by atoms with Crippen LogP contribution in [0.2, 0.25) is 0 Å². The van der Waals surface area contributed by atoms with Crippen LogP contribution in [0.25, 0.3) is 11.1 Å². The quantitative estimate of drug-likeness (QED) is 0.739. The van der Waals surface area contributed by atoms with Gasteiger partial charge in [-0.15, -0.1) is 12.4 Å². The number of pyridine rings is 1. The first kappa shape index (κ1) is 19.1. The molecule has 1 aromatic carbocycles. The van der Waals surface area contributed by atoms with E-state index < -0.39 is 5.76 Å². The molecule has 1 fully saturated rings. The van der Waals surface area contributed by atoms with Crippen LogP contribution in [0, 0.1) is 0 Å². The summed E-state index contributed by atoms with van der Waals surface area (Å²) in [4.78, 5) is 31.0. The number of para-hydroxylation sites is 2. The zero-order valence-electron chi connectivity index (χ0n) is 14.7. The Morgan fingerprint density at radius 2 is 2.11 bits per heavy atom. The third-order valence-electron chi connectivity index (χ3n) is 4.76. The van der Waals surface area contributed by atoms with Gasteiger partial charge in [-0.25, -0.2) is 4.79 Å². The molecule has 8 heteroatoms. The first-order valence-electron chi connectivity index (χ1n) is 8.72. The zero-order chi connectivity index (χ0) is 17.9. The summed E-state index contributed by atoms with van der Waals surface area (Å²) in [6, 6.07) is 11.1. The minimum atomic E-state index is -0.428. The second kappa shape index (κ2) is 8.37. The molecule has 3 heterocycles. The topological polar surface area (TPSA) is 80.4 Å². The van der Waals surface area contributed by atoms with Gasteiger partial charge in [-0.05, 0) is 23.8 Å². The van der Waals surface area contributed by atoms with E-state index in [0.29, 0.717) is 25.2 Å². The first-order valence-corrected chi connectivity index (χ1v) is 8.72. The molecule has 27 heavy (non-hydrogen) atoms. The van der Waals surface area contributed by atoms with Crippen LogP contribution in [-0.2, 0) is 11.3 Å². The Balaban J connectivity index is 0.00000210. The fourth-order valence-electron chi connectivity index (χ4n) is 3.45. The van der Waals surface area contributed by atoms with E-state index in [-0.39, 0.29) is 30.8 Å². The number of amides is 1. The molecule has 1 amide bonds. The standard InChI is InChI=1S/C19H20N4O3.ClH/c24-18(7-10-23-15-5-1-2-6-17(15)26-19(23)25)22-11-9-21-13-16(22)14-4-3-8-20-12-14;/h1-6,8,12,16,21H,7,9-11,13H2;1H. The van der Waals surface area contributed by atoms with Crippen molar-refractivity contribution in [2.24, 2.45) is 0 Å². The van der Waals surface area contributed by atoms with Crippen LogP contribution >= 0.6 is 12.4 Å². The lowest BCUT2D eigenvalue weighted by atomic mass is 10.0. The van der Waals surface area contributed by atoms with Gasteiger partial charge in [-0.1, -0.05) is 18.2 Å². The van der Waals surface area contributed by atoms with Crippen molar-refractivity contribution >= 4 is 29.4 Å². The van der Waals surface area contributed by atoms with Crippen molar-refractivity contribution in [3.05, 3.63) is 64.9 Å². The first-order chi connectivity index (χ1) is 12.7. The average Bonchev–Trinajstić information content (AvgIpc) is 3.02. The molecule has 0 aliphatic carbocycles. The number of hydrogen-bond donors (Lipinski definition) is 1. The minimum absolute atomic E-state index is 0. The molecule has 7 nitrogen and oxygen atoms in total. The molecule has 1 aliphatic heterocycles. The van der Waals surface area contributed by atoms with Crippen LogP contribution < -0.4 is 11.1 Å². The van der Waals surface area contributed by atoms with Crippen molar-refractivity contribution in [2.45, 2.75) is 19.0 Å². The number of oxazole rings is 1. The lowest BCUT2D eigenvalue weighted by Crippen LogP contribution is -2.49. The normalized spacial score (nSPS) is 16.9. The van der Waals surface area contributed by atoms with E-state index in [4.69, 9.17) is 4.42 Å². The molecule has 1 atom stereocenters.